The van der Waals surface area contributed by atoms with E-state index in [1.54, 1.807) is 6.08 Å². The van der Waals surface area contributed by atoms with E-state index in [2.05, 4.69) is 73.7 Å². The van der Waals surface area contributed by atoms with Crippen molar-refractivity contribution in [2.24, 2.45) is 0 Å². The molecule has 0 radical (unpaired) electrons. The van der Waals surface area contributed by atoms with Crippen LogP contribution in [0.5, 0.6) is 0 Å². The Balaban J connectivity index is 4.75. The Bertz CT molecular complexity index is 505. The van der Waals surface area contributed by atoms with Crippen LogP contribution < -0.4 is 0 Å². The molecule has 0 aromatic carbocycles. The first-order valence-corrected chi connectivity index (χ1v) is 16.0. The summed E-state index contributed by atoms with van der Waals surface area (Å²) in [5.41, 5.74) is 0. The Hall–Kier alpha value is -0.386. The predicted octanol–water partition coefficient (Wildman–Crippen LogP) is 6.12. The molecule has 3 nitrogen and oxygen atoms in total. The molecule has 5 heteroatoms. The Morgan fingerprint density at radius 1 is 0.926 bits per heavy atom. The van der Waals surface area contributed by atoms with E-state index in [-0.39, 0.29) is 16.2 Å². The van der Waals surface area contributed by atoms with Crippen molar-refractivity contribution in [2.75, 3.05) is 6.61 Å². The molecule has 158 valence electrons. The molecule has 0 aliphatic rings. The van der Waals surface area contributed by atoms with E-state index >= 15 is 0 Å². The second kappa shape index (κ2) is 10.4. The van der Waals surface area contributed by atoms with Gasteiger partial charge in [0.05, 0.1) is 6.10 Å². The zero-order valence-electron chi connectivity index (χ0n) is 19.5. The normalized spacial score (nSPS) is 16.4. The molecule has 0 fully saturated rings. The largest absolute Gasteiger partial charge is 0.417 e. The topological polar surface area (TPSA) is 38.7 Å². The average molecular weight is 413 g/mol. The number of terminal acetylenes is 1. The molecule has 0 amide bonds. The van der Waals surface area contributed by atoms with Crippen LogP contribution in [0.25, 0.3) is 0 Å². The number of aliphatic hydroxyl groups excluding tert-OH is 1. The predicted molar refractivity (Wildman–Crippen MR) is 123 cm³/mol. The summed E-state index contributed by atoms with van der Waals surface area (Å²) in [7, 11) is -3.56. The maximum absolute atomic E-state index is 9.66. The first kappa shape index (κ1) is 26.6. The lowest BCUT2D eigenvalue weighted by atomic mass is 10.1. The number of rotatable bonds is 10. The Labute approximate surface area is 171 Å². The highest BCUT2D eigenvalue weighted by molar-refractivity contribution is 6.74. The molecule has 1 unspecified atom stereocenters. The molecule has 2 atom stereocenters. The molecule has 0 aliphatic carbocycles. The average Bonchev–Trinajstić information content (AvgIpc) is 2.48. The van der Waals surface area contributed by atoms with Crippen LogP contribution in [0.2, 0.25) is 36.3 Å². The third-order valence-corrected chi connectivity index (χ3v) is 15.1. The Kier molecular flexibility index (Phi) is 10.3. The van der Waals surface area contributed by atoms with Crippen LogP contribution in [0.3, 0.4) is 0 Å². The molecule has 1 N–H and O–H groups in total. The van der Waals surface area contributed by atoms with Gasteiger partial charge >= 0.3 is 0 Å². The second-order valence-electron chi connectivity index (χ2n) is 10.5. The zero-order valence-corrected chi connectivity index (χ0v) is 21.5. The van der Waals surface area contributed by atoms with Gasteiger partial charge in [-0.3, -0.25) is 0 Å². The van der Waals surface area contributed by atoms with E-state index in [0.29, 0.717) is 0 Å². The summed E-state index contributed by atoms with van der Waals surface area (Å²) >= 11 is 0. The van der Waals surface area contributed by atoms with E-state index in [4.69, 9.17) is 15.3 Å². The smallest absolute Gasteiger partial charge is 0.192 e. The Morgan fingerprint density at radius 3 is 1.89 bits per heavy atom. The second-order valence-corrected chi connectivity index (χ2v) is 20.1. The minimum absolute atomic E-state index is 0.0123. The fraction of sp³-hybridized carbons (Fsp3) is 0.818. The maximum atomic E-state index is 9.66. The third-order valence-electron chi connectivity index (χ3n) is 6.08. The van der Waals surface area contributed by atoms with Crippen LogP contribution in [0, 0.1) is 12.3 Å². The van der Waals surface area contributed by atoms with Gasteiger partial charge in [-0.15, -0.1) is 6.42 Å². The summed E-state index contributed by atoms with van der Waals surface area (Å²) < 4.78 is 12.8. The summed E-state index contributed by atoms with van der Waals surface area (Å²) in [4.78, 5) is 0. The first-order valence-electron chi connectivity index (χ1n) is 10.2. The molecule has 0 bridgehead atoms. The summed E-state index contributed by atoms with van der Waals surface area (Å²) in [5.74, 6) is 2.33. The van der Waals surface area contributed by atoms with E-state index in [1.807, 2.05) is 6.08 Å². The van der Waals surface area contributed by atoms with E-state index in [1.165, 1.54) is 0 Å². The molecule has 0 aliphatic heterocycles. The highest BCUT2D eigenvalue weighted by atomic mass is 28.4. The highest BCUT2D eigenvalue weighted by Gasteiger charge is 2.39. The van der Waals surface area contributed by atoms with Gasteiger partial charge in [0.2, 0.25) is 0 Å². The fourth-order valence-corrected chi connectivity index (χ4v) is 4.42. The van der Waals surface area contributed by atoms with Crippen molar-refractivity contribution < 1.29 is 14.0 Å². The van der Waals surface area contributed by atoms with Crippen molar-refractivity contribution in [3.63, 3.8) is 0 Å². The van der Waals surface area contributed by atoms with Crippen LogP contribution in [0.15, 0.2) is 12.2 Å². The van der Waals surface area contributed by atoms with Crippen LogP contribution in [-0.2, 0) is 8.85 Å². The molecule has 0 saturated heterocycles. The standard InChI is InChI=1S/C22H44O3Si2/c1-12-19(23)16-17-20(25-27(10,11)22(5,6)7)15-13-14-18-24-26(8,9)21(2,3)4/h1,16-17,19-20,23H,13-15,18H2,2-11H3/b17-16-/t19?,20-/m0/s1. The number of hydrogen-bond donors (Lipinski definition) is 1. The molecular weight excluding hydrogens is 368 g/mol. The first-order chi connectivity index (χ1) is 12.0. The number of hydrogen-bond acceptors (Lipinski definition) is 3. The molecule has 0 aromatic rings. The minimum Gasteiger partial charge on any atom is -0.417 e. The zero-order chi connectivity index (χ0) is 21.5. The Morgan fingerprint density at radius 2 is 1.44 bits per heavy atom. The summed E-state index contributed by atoms with van der Waals surface area (Å²) in [6.07, 6.45) is 11.0. The lowest BCUT2D eigenvalue weighted by molar-refractivity contribution is 0.202. The van der Waals surface area contributed by atoms with Gasteiger partial charge in [0, 0.05) is 6.61 Å². The van der Waals surface area contributed by atoms with Crippen LogP contribution in [-0.4, -0.2) is 40.6 Å². The van der Waals surface area contributed by atoms with Gasteiger partial charge in [-0.2, -0.15) is 0 Å². The van der Waals surface area contributed by atoms with Crippen LogP contribution in [0.4, 0.5) is 0 Å². The van der Waals surface area contributed by atoms with Crippen molar-refractivity contribution >= 4 is 16.6 Å². The van der Waals surface area contributed by atoms with Crippen molar-refractivity contribution in [1.29, 1.82) is 0 Å². The van der Waals surface area contributed by atoms with Crippen LogP contribution >= 0.6 is 0 Å². The van der Waals surface area contributed by atoms with Crippen molar-refractivity contribution in [3.8, 4) is 12.3 Å². The lowest BCUT2D eigenvalue weighted by Crippen LogP contribution is -2.43. The van der Waals surface area contributed by atoms with Gasteiger partial charge in [-0.1, -0.05) is 53.5 Å². The third kappa shape index (κ3) is 9.58. The lowest BCUT2D eigenvalue weighted by Gasteiger charge is -2.39. The van der Waals surface area contributed by atoms with E-state index in [9.17, 15) is 5.11 Å². The van der Waals surface area contributed by atoms with E-state index < -0.39 is 22.7 Å². The van der Waals surface area contributed by atoms with Gasteiger partial charge in [-0.25, -0.2) is 0 Å². The van der Waals surface area contributed by atoms with Gasteiger partial charge in [-0.05, 0) is 61.6 Å². The van der Waals surface area contributed by atoms with Gasteiger partial charge in [0.25, 0.3) is 0 Å². The molecule has 0 spiro atoms. The molecular formula is C22H44O3Si2. The van der Waals surface area contributed by atoms with Crippen molar-refractivity contribution in [1.82, 2.24) is 0 Å². The van der Waals surface area contributed by atoms with Gasteiger partial charge in [0.15, 0.2) is 16.6 Å². The quantitative estimate of drug-likeness (QED) is 0.203. The summed E-state index contributed by atoms with van der Waals surface area (Å²) in [5, 5.41) is 10.1. The molecule has 0 saturated carbocycles. The number of unbranched alkanes of at least 4 members (excludes halogenated alkanes) is 1. The van der Waals surface area contributed by atoms with Crippen molar-refractivity contribution in [3.05, 3.63) is 12.2 Å². The van der Waals surface area contributed by atoms with Gasteiger partial charge in [0.1, 0.15) is 6.10 Å². The summed E-state index contributed by atoms with van der Waals surface area (Å²) in [6.45, 7) is 23.4. The van der Waals surface area contributed by atoms with E-state index in [0.717, 1.165) is 25.9 Å². The SMILES string of the molecule is C#CC(O)/C=C\[C@H](CCCCO[Si](C)(C)C(C)(C)C)O[Si](C)(C)C(C)(C)C. The number of aliphatic hydroxyl groups is 1. The molecule has 27 heavy (non-hydrogen) atoms. The summed E-state index contributed by atoms with van der Waals surface area (Å²) in [6, 6.07) is 0. The van der Waals surface area contributed by atoms with Crippen molar-refractivity contribution in [2.45, 2.75) is 109 Å². The fourth-order valence-electron chi connectivity index (χ4n) is 2.03. The molecule has 0 heterocycles. The molecule has 0 aromatic heterocycles. The van der Waals surface area contributed by atoms with Gasteiger partial charge < -0.3 is 14.0 Å². The monoisotopic (exact) mass is 412 g/mol. The van der Waals surface area contributed by atoms with Crippen LogP contribution in [0.1, 0.15) is 60.8 Å². The molecule has 0 rings (SSSR count). The maximum Gasteiger partial charge on any atom is 0.192 e. The highest BCUT2D eigenvalue weighted by Crippen LogP contribution is 2.38. The minimum atomic E-state index is -1.88.